The summed E-state index contributed by atoms with van der Waals surface area (Å²) < 4.78 is 16.8. The number of carbonyl (C=O) groups is 3. The van der Waals surface area contributed by atoms with Gasteiger partial charge in [0.25, 0.3) is 0 Å². The number of hydrogen-bond acceptors (Lipinski definition) is 6. The average Bonchev–Trinajstić information content (AvgIpc) is 3.43. The maximum absolute atomic E-state index is 12.9. The lowest BCUT2D eigenvalue weighted by Gasteiger charge is -2.18. The second-order valence-corrected chi connectivity index (χ2v) is 20.2. The highest BCUT2D eigenvalue weighted by molar-refractivity contribution is 5.71. The Morgan fingerprint density at radius 1 is 0.273 bits per heavy atom. The van der Waals surface area contributed by atoms with Crippen molar-refractivity contribution in [3.63, 3.8) is 0 Å². The van der Waals surface area contributed by atoms with Crippen LogP contribution in [0.25, 0.3) is 0 Å². The lowest BCUT2D eigenvalue weighted by molar-refractivity contribution is -0.166. The summed E-state index contributed by atoms with van der Waals surface area (Å²) >= 11 is 0. The molecular formula is C71H114O6. The van der Waals surface area contributed by atoms with Crippen LogP contribution in [0.4, 0.5) is 0 Å². The molecule has 1 atom stereocenters. The van der Waals surface area contributed by atoms with Gasteiger partial charge in [0.1, 0.15) is 13.2 Å². The van der Waals surface area contributed by atoms with Crippen LogP contribution in [0.1, 0.15) is 265 Å². The van der Waals surface area contributed by atoms with Crippen molar-refractivity contribution in [2.24, 2.45) is 0 Å². The first-order valence-electron chi connectivity index (χ1n) is 31.3. The van der Waals surface area contributed by atoms with Crippen molar-refractivity contribution in [2.75, 3.05) is 13.2 Å². The van der Waals surface area contributed by atoms with E-state index in [0.29, 0.717) is 19.3 Å². The lowest BCUT2D eigenvalue weighted by Crippen LogP contribution is -2.30. The van der Waals surface area contributed by atoms with Crippen LogP contribution in [0.2, 0.25) is 0 Å². The third-order valence-electron chi connectivity index (χ3n) is 12.8. The zero-order valence-corrected chi connectivity index (χ0v) is 49.7. The van der Waals surface area contributed by atoms with Gasteiger partial charge in [-0.1, -0.05) is 269 Å². The van der Waals surface area contributed by atoms with Gasteiger partial charge in [0, 0.05) is 19.3 Å². The average molecular weight is 1060 g/mol. The number of rotatable bonds is 55. The Hall–Kier alpha value is -4.71. The largest absolute Gasteiger partial charge is 0.462 e. The maximum atomic E-state index is 12.9. The topological polar surface area (TPSA) is 78.9 Å². The molecule has 0 aromatic carbocycles. The molecule has 0 radical (unpaired) electrons. The quantitative estimate of drug-likeness (QED) is 0.0261. The Balaban J connectivity index is 4.60. The van der Waals surface area contributed by atoms with E-state index in [2.05, 4.69) is 148 Å². The van der Waals surface area contributed by atoms with Gasteiger partial charge in [0.15, 0.2) is 6.10 Å². The van der Waals surface area contributed by atoms with E-state index in [4.69, 9.17) is 14.2 Å². The summed E-state index contributed by atoms with van der Waals surface area (Å²) in [5, 5.41) is 0. The number of esters is 3. The molecule has 0 spiro atoms. The molecule has 6 nitrogen and oxygen atoms in total. The maximum Gasteiger partial charge on any atom is 0.306 e. The van der Waals surface area contributed by atoms with Crippen molar-refractivity contribution >= 4 is 17.9 Å². The van der Waals surface area contributed by atoms with Crippen LogP contribution in [-0.4, -0.2) is 37.2 Å². The van der Waals surface area contributed by atoms with Crippen LogP contribution in [-0.2, 0) is 28.6 Å². The smallest absolute Gasteiger partial charge is 0.306 e. The molecule has 0 aliphatic carbocycles. The van der Waals surface area contributed by atoms with E-state index in [1.807, 2.05) is 18.2 Å². The van der Waals surface area contributed by atoms with E-state index < -0.39 is 6.10 Å². The van der Waals surface area contributed by atoms with Gasteiger partial charge in [0.05, 0.1) is 0 Å². The van der Waals surface area contributed by atoms with Crippen LogP contribution in [0.15, 0.2) is 146 Å². The Bertz CT molecular complexity index is 1700. The van der Waals surface area contributed by atoms with Crippen LogP contribution >= 0.6 is 0 Å². The molecule has 6 heteroatoms. The number of ether oxygens (including phenoxy) is 3. The monoisotopic (exact) mass is 1060 g/mol. The second-order valence-electron chi connectivity index (χ2n) is 20.2. The van der Waals surface area contributed by atoms with Gasteiger partial charge in [-0.3, -0.25) is 14.4 Å². The van der Waals surface area contributed by atoms with E-state index in [1.54, 1.807) is 0 Å². The summed E-state index contributed by atoms with van der Waals surface area (Å²) in [6, 6.07) is 0. The van der Waals surface area contributed by atoms with Crippen LogP contribution < -0.4 is 0 Å². The number of hydrogen-bond donors (Lipinski definition) is 0. The van der Waals surface area contributed by atoms with E-state index >= 15 is 0 Å². The SMILES string of the molecule is CC/C=C\C/C=C\C/C=C\C/C=C\C/C=C\C/C=C\CCC(=O)OC[C@H](COC(=O)CC/C=C\C/C=C\C/C=C\C/C=C\C/C=C\CCCCC)OC(=O)CCCCCCCCCCCCC/C=C\CCCCCCCC. The minimum atomic E-state index is -0.847. The predicted molar refractivity (Wildman–Crippen MR) is 334 cm³/mol. The highest BCUT2D eigenvalue weighted by Gasteiger charge is 2.19. The fourth-order valence-corrected chi connectivity index (χ4v) is 8.15. The molecule has 0 rings (SSSR count). The first-order chi connectivity index (χ1) is 38.0. The molecule has 0 unspecified atom stereocenters. The predicted octanol–water partition coefficient (Wildman–Crippen LogP) is 21.5. The molecule has 434 valence electrons. The molecule has 0 aromatic rings. The first-order valence-corrected chi connectivity index (χ1v) is 31.3. The molecule has 0 aliphatic rings. The molecule has 0 heterocycles. The summed E-state index contributed by atoms with van der Waals surface area (Å²) in [7, 11) is 0. The van der Waals surface area contributed by atoms with E-state index in [0.717, 1.165) is 83.5 Å². The molecule has 0 saturated heterocycles. The molecule has 0 aliphatic heterocycles. The van der Waals surface area contributed by atoms with Gasteiger partial charge >= 0.3 is 17.9 Å². The molecular weight excluding hydrogens is 949 g/mol. The molecule has 0 bridgehead atoms. The van der Waals surface area contributed by atoms with Crippen LogP contribution in [0, 0.1) is 0 Å². The highest BCUT2D eigenvalue weighted by atomic mass is 16.6. The summed E-state index contributed by atoms with van der Waals surface area (Å²) in [4.78, 5) is 38.2. The van der Waals surface area contributed by atoms with Crippen molar-refractivity contribution in [2.45, 2.75) is 271 Å². The van der Waals surface area contributed by atoms with Crippen molar-refractivity contribution in [3.05, 3.63) is 146 Å². The molecule has 0 aromatic heterocycles. The van der Waals surface area contributed by atoms with Gasteiger partial charge in [-0.2, -0.15) is 0 Å². The van der Waals surface area contributed by atoms with Gasteiger partial charge in [-0.15, -0.1) is 0 Å². The molecule has 0 N–H and O–H groups in total. The fraction of sp³-hybridized carbons (Fsp3) is 0.620. The van der Waals surface area contributed by atoms with Crippen LogP contribution in [0.3, 0.4) is 0 Å². The third-order valence-corrected chi connectivity index (χ3v) is 12.8. The Labute approximate surface area is 474 Å². The van der Waals surface area contributed by atoms with Crippen molar-refractivity contribution < 1.29 is 28.6 Å². The standard InChI is InChI=1S/C71H114O6/c1-4-7-10-13-16-19-22-25-28-31-34-35-38-41-44-47-50-53-56-59-62-65-71(74)77-68(66-75-69(72)63-60-57-54-51-48-45-42-39-36-32-29-26-23-20-17-14-11-8-5-2)67-76-70(73)64-61-58-55-52-49-46-43-40-37-33-30-27-24-21-18-15-12-9-6-3/h8,11,17-18,20-21,25-30,36-37,39-40,45-46,48-49,54-55,57-58,68H,4-7,9-10,12-16,19,22-24,31-35,38,41-44,47,50-53,56,59-67H2,1-3H3/b11-8-,20-17-,21-18-,28-25-,29-26-,30-27-,39-36-,40-37-,48-45-,49-46-,57-54-,58-55-/t68-/m1/s1. The lowest BCUT2D eigenvalue weighted by atomic mass is 10.0. The van der Waals surface area contributed by atoms with Crippen molar-refractivity contribution in [1.29, 1.82) is 0 Å². The molecule has 0 saturated carbocycles. The van der Waals surface area contributed by atoms with Gasteiger partial charge in [0.2, 0.25) is 0 Å². The molecule has 0 fully saturated rings. The van der Waals surface area contributed by atoms with Crippen LogP contribution in [0.5, 0.6) is 0 Å². The summed E-state index contributed by atoms with van der Waals surface area (Å²) in [5.74, 6) is -1.11. The summed E-state index contributed by atoms with van der Waals surface area (Å²) in [5.41, 5.74) is 0. The minimum absolute atomic E-state index is 0.146. The third kappa shape index (κ3) is 62.0. The zero-order valence-electron chi connectivity index (χ0n) is 49.7. The number of unbranched alkanes of at least 4 members (excludes halogenated alkanes) is 20. The Kier molecular flexibility index (Phi) is 59.9. The first kappa shape index (κ1) is 72.3. The number of allylic oxidation sites excluding steroid dienone is 24. The van der Waals surface area contributed by atoms with Gasteiger partial charge < -0.3 is 14.2 Å². The van der Waals surface area contributed by atoms with Gasteiger partial charge in [-0.25, -0.2) is 0 Å². The van der Waals surface area contributed by atoms with Crippen molar-refractivity contribution in [3.8, 4) is 0 Å². The minimum Gasteiger partial charge on any atom is -0.462 e. The second kappa shape index (κ2) is 63.8. The summed E-state index contributed by atoms with van der Waals surface area (Å²) in [6.45, 7) is 6.37. The van der Waals surface area contributed by atoms with Gasteiger partial charge in [-0.05, 0) is 122 Å². The van der Waals surface area contributed by atoms with E-state index in [9.17, 15) is 14.4 Å². The van der Waals surface area contributed by atoms with E-state index in [1.165, 1.54) is 128 Å². The molecule has 0 amide bonds. The van der Waals surface area contributed by atoms with Crippen molar-refractivity contribution in [1.82, 2.24) is 0 Å². The highest BCUT2D eigenvalue weighted by Crippen LogP contribution is 2.15. The summed E-state index contributed by atoms with van der Waals surface area (Å²) in [6.07, 6.45) is 91.6. The molecule has 77 heavy (non-hydrogen) atoms. The van der Waals surface area contributed by atoms with E-state index in [-0.39, 0.29) is 44.0 Å². The zero-order chi connectivity index (χ0) is 55.7. The number of carbonyl (C=O) groups excluding carboxylic acids is 3. The fourth-order valence-electron chi connectivity index (χ4n) is 8.15. The Morgan fingerprint density at radius 3 is 0.883 bits per heavy atom. The Morgan fingerprint density at radius 2 is 0.532 bits per heavy atom. The normalized spacial score (nSPS) is 13.1.